The van der Waals surface area contributed by atoms with Crippen LogP contribution in [0.5, 0.6) is 0 Å². The molecule has 0 bridgehead atoms. The zero-order valence-electron chi connectivity index (χ0n) is 9.15. The van der Waals surface area contributed by atoms with Crippen LogP contribution in [0.4, 0.5) is 0 Å². The summed E-state index contributed by atoms with van der Waals surface area (Å²) in [5.41, 5.74) is 0.0691. The third kappa shape index (κ3) is 1.57. The van der Waals surface area contributed by atoms with Crippen molar-refractivity contribution >= 4 is 0 Å². The highest BCUT2D eigenvalue weighted by molar-refractivity contribution is 5.03. The first-order chi connectivity index (χ1) is 7.33. The van der Waals surface area contributed by atoms with Crippen molar-refractivity contribution in [3.8, 4) is 0 Å². The van der Waals surface area contributed by atoms with Gasteiger partial charge in [0.1, 0.15) is 12.2 Å². The van der Waals surface area contributed by atoms with Gasteiger partial charge in [-0.25, -0.2) is 0 Å². The summed E-state index contributed by atoms with van der Waals surface area (Å²) in [6.45, 7) is 0. The fourth-order valence-electron chi connectivity index (χ4n) is 2.36. The molecule has 1 aromatic heterocycles. The Kier molecular flexibility index (Phi) is 2.06. The molecule has 2 aliphatic carbocycles. The largest absolute Gasteiger partial charge is 0.378 e. The van der Waals surface area contributed by atoms with Crippen molar-refractivity contribution in [1.29, 1.82) is 0 Å². The predicted octanol–water partition coefficient (Wildman–Crippen LogP) is 1.72. The van der Waals surface area contributed by atoms with Crippen LogP contribution in [-0.2, 0) is 11.2 Å². The highest BCUT2D eigenvalue weighted by Gasteiger charge is 2.39. The van der Waals surface area contributed by atoms with E-state index in [0.717, 1.165) is 12.2 Å². The van der Waals surface area contributed by atoms with Crippen molar-refractivity contribution in [2.75, 3.05) is 7.11 Å². The summed E-state index contributed by atoms with van der Waals surface area (Å²) in [4.78, 5) is 0. The molecule has 0 unspecified atom stereocenters. The van der Waals surface area contributed by atoms with Crippen LogP contribution in [0.1, 0.15) is 44.0 Å². The van der Waals surface area contributed by atoms with E-state index >= 15 is 0 Å². The molecule has 0 radical (unpaired) electrons. The Hall–Kier alpha value is -0.900. The van der Waals surface area contributed by atoms with Crippen LogP contribution in [0, 0.1) is 0 Å². The summed E-state index contributed by atoms with van der Waals surface area (Å²) in [6, 6.07) is 0.670. The molecule has 4 heteroatoms. The Morgan fingerprint density at radius 1 is 1.53 bits per heavy atom. The third-order valence-electron chi connectivity index (χ3n) is 3.77. The molecule has 15 heavy (non-hydrogen) atoms. The van der Waals surface area contributed by atoms with Gasteiger partial charge in [-0.1, -0.05) is 0 Å². The van der Waals surface area contributed by atoms with E-state index < -0.39 is 0 Å². The number of aromatic nitrogens is 3. The number of ether oxygens (including phenoxy) is 1. The average molecular weight is 207 g/mol. The lowest BCUT2D eigenvalue weighted by Gasteiger charge is -2.40. The molecule has 2 aliphatic rings. The lowest BCUT2D eigenvalue weighted by atomic mass is 9.77. The number of hydrogen-bond donors (Lipinski definition) is 0. The lowest BCUT2D eigenvalue weighted by molar-refractivity contribution is -0.0726. The number of rotatable bonds is 4. The molecule has 0 aromatic carbocycles. The van der Waals surface area contributed by atoms with Crippen LogP contribution in [-0.4, -0.2) is 27.5 Å². The van der Waals surface area contributed by atoms with Gasteiger partial charge in [-0.05, 0) is 32.1 Å². The second-order valence-electron chi connectivity index (χ2n) is 4.80. The number of nitrogens with zero attached hydrogens (tertiary/aromatic N) is 3. The summed E-state index contributed by atoms with van der Waals surface area (Å²) in [5, 5.41) is 8.24. The van der Waals surface area contributed by atoms with E-state index in [1.807, 2.05) is 13.4 Å². The van der Waals surface area contributed by atoms with Gasteiger partial charge in [-0.3, -0.25) is 0 Å². The maximum Gasteiger partial charge on any atom is 0.135 e. The quantitative estimate of drug-likeness (QED) is 0.754. The maximum atomic E-state index is 5.62. The van der Waals surface area contributed by atoms with Crippen LogP contribution in [0.3, 0.4) is 0 Å². The smallest absolute Gasteiger partial charge is 0.135 e. The number of methoxy groups -OCH3 is 1. The first-order valence-electron chi connectivity index (χ1n) is 5.76. The molecule has 82 valence electrons. The predicted molar refractivity (Wildman–Crippen MR) is 55.6 cm³/mol. The van der Waals surface area contributed by atoms with E-state index in [9.17, 15) is 0 Å². The van der Waals surface area contributed by atoms with Crippen molar-refractivity contribution < 1.29 is 4.74 Å². The molecule has 0 spiro atoms. The van der Waals surface area contributed by atoms with Gasteiger partial charge in [-0.2, -0.15) is 0 Å². The Morgan fingerprint density at radius 3 is 2.87 bits per heavy atom. The minimum absolute atomic E-state index is 0.0691. The maximum absolute atomic E-state index is 5.62. The Labute approximate surface area is 89.6 Å². The van der Waals surface area contributed by atoms with E-state index in [1.54, 1.807) is 0 Å². The van der Waals surface area contributed by atoms with Crippen molar-refractivity contribution in [3.63, 3.8) is 0 Å². The van der Waals surface area contributed by atoms with Gasteiger partial charge in [0.2, 0.25) is 0 Å². The molecular weight excluding hydrogens is 190 g/mol. The van der Waals surface area contributed by atoms with Gasteiger partial charge in [-0.15, -0.1) is 10.2 Å². The van der Waals surface area contributed by atoms with E-state index in [-0.39, 0.29) is 5.60 Å². The molecule has 2 saturated carbocycles. The zero-order chi connectivity index (χ0) is 10.3. The Bertz CT molecular complexity index is 347. The standard InChI is InChI=1S/C11H17N3O/c1-15-11(5-2-6-11)7-10-13-12-8-14(10)9-3-4-9/h8-9H,2-7H2,1H3. The van der Waals surface area contributed by atoms with Crippen LogP contribution in [0.15, 0.2) is 6.33 Å². The molecule has 0 amide bonds. The Balaban J connectivity index is 1.77. The molecule has 1 heterocycles. The third-order valence-corrected chi connectivity index (χ3v) is 3.77. The van der Waals surface area contributed by atoms with E-state index in [0.29, 0.717) is 6.04 Å². The molecule has 0 atom stereocenters. The number of hydrogen-bond acceptors (Lipinski definition) is 3. The van der Waals surface area contributed by atoms with E-state index in [4.69, 9.17) is 4.74 Å². The van der Waals surface area contributed by atoms with Crippen molar-refractivity contribution in [3.05, 3.63) is 12.2 Å². The monoisotopic (exact) mass is 207 g/mol. The second kappa shape index (κ2) is 3.30. The van der Waals surface area contributed by atoms with Crippen molar-refractivity contribution in [2.45, 2.75) is 50.2 Å². The van der Waals surface area contributed by atoms with Crippen molar-refractivity contribution in [2.24, 2.45) is 0 Å². The summed E-state index contributed by atoms with van der Waals surface area (Å²) < 4.78 is 7.86. The molecule has 0 N–H and O–H groups in total. The lowest BCUT2D eigenvalue weighted by Crippen LogP contribution is -2.42. The summed E-state index contributed by atoms with van der Waals surface area (Å²) >= 11 is 0. The first-order valence-corrected chi connectivity index (χ1v) is 5.76. The average Bonchev–Trinajstić information content (AvgIpc) is 2.93. The van der Waals surface area contributed by atoms with Gasteiger partial charge in [0.25, 0.3) is 0 Å². The molecule has 3 rings (SSSR count). The van der Waals surface area contributed by atoms with Gasteiger partial charge >= 0.3 is 0 Å². The fraction of sp³-hybridized carbons (Fsp3) is 0.818. The highest BCUT2D eigenvalue weighted by atomic mass is 16.5. The first kappa shape index (κ1) is 9.33. The van der Waals surface area contributed by atoms with Crippen LogP contribution in [0.2, 0.25) is 0 Å². The minimum atomic E-state index is 0.0691. The van der Waals surface area contributed by atoms with Crippen LogP contribution in [0.25, 0.3) is 0 Å². The molecule has 1 aromatic rings. The molecule has 0 saturated heterocycles. The van der Waals surface area contributed by atoms with Gasteiger partial charge in [0, 0.05) is 19.6 Å². The molecule has 0 aliphatic heterocycles. The molecule has 4 nitrogen and oxygen atoms in total. The fourth-order valence-corrected chi connectivity index (χ4v) is 2.36. The van der Waals surface area contributed by atoms with Gasteiger partial charge in [0.05, 0.1) is 5.60 Å². The SMILES string of the molecule is COC1(Cc2nncn2C2CC2)CCC1. The van der Waals surface area contributed by atoms with Gasteiger partial charge < -0.3 is 9.30 Å². The van der Waals surface area contributed by atoms with Crippen LogP contribution >= 0.6 is 0 Å². The van der Waals surface area contributed by atoms with E-state index in [1.165, 1.54) is 32.1 Å². The highest BCUT2D eigenvalue weighted by Crippen LogP contribution is 2.40. The van der Waals surface area contributed by atoms with E-state index in [2.05, 4.69) is 14.8 Å². The topological polar surface area (TPSA) is 39.9 Å². The summed E-state index contributed by atoms with van der Waals surface area (Å²) in [7, 11) is 1.82. The minimum Gasteiger partial charge on any atom is -0.378 e. The van der Waals surface area contributed by atoms with Gasteiger partial charge in [0.15, 0.2) is 0 Å². The molecular formula is C11H17N3O. The Morgan fingerprint density at radius 2 is 2.33 bits per heavy atom. The normalized spacial score (nSPS) is 23.8. The summed E-state index contributed by atoms with van der Waals surface area (Å²) in [6.07, 6.45) is 8.98. The summed E-state index contributed by atoms with van der Waals surface area (Å²) in [5.74, 6) is 1.11. The second-order valence-corrected chi connectivity index (χ2v) is 4.80. The van der Waals surface area contributed by atoms with Crippen LogP contribution < -0.4 is 0 Å². The zero-order valence-corrected chi connectivity index (χ0v) is 9.15. The van der Waals surface area contributed by atoms with Crippen molar-refractivity contribution in [1.82, 2.24) is 14.8 Å². The molecule has 2 fully saturated rings.